The van der Waals surface area contributed by atoms with Crippen LogP contribution in [0.25, 0.3) is 0 Å². The lowest BCUT2D eigenvalue weighted by molar-refractivity contribution is -0.926. The molecule has 114 valence electrons. The maximum atomic E-state index is 2.66. The van der Waals surface area contributed by atoms with Gasteiger partial charge in [-0.1, -0.05) is 42.5 Å². The van der Waals surface area contributed by atoms with Crippen LogP contribution in [0.15, 0.2) is 42.5 Å². The van der Waals surface area contributed by atoms with Crippen molar-refractivity contribution in [1.29, 1.82) is 0 Å². The van der Waals surface area contributed by atoms with E-state index in [0.717, 1.165) is 12.0 Å². The Balaban J connectivity index is 1.36. The van der Waals surface area contributed by atoms with Crippen LogP contribution in [-0.2, 0) is 6.54 Å². The molecule has 1 fully saturated rings. The first kappa shape index (κ1) is 14.8. The molecule has 1 aromatic rings. The number of benzene rings is 1. The second-order valence-corrected chi connectivity index (χ2v) is 6.87. The maximum Gasteiger partial charge on any atom is 0.103 e. The molecule has 1 saturated heterocycles. The van der Waals surface area contributed by atoms with Gasteiger partial charge in [0.1, 0.15) is 6.54 Å². The predicted octanol–water partition coefficient (Wildman–Crippen LogP) is 1.15. The fraction of sp³-hybridized carbons (Fsp3) is 0.579. The highest BCUT2D eigenvalue weighted by molar-refractivity contribution is 5.13. The average Bonchev–Trinajstić information content (AvgIpc) is 2.56. The van der Waals surface area contributed by atoms with Crippen LogP contribution >= 0.6 is 0 Å². The number of rotatable bonds is 5. The first-order valence-electron chi connectivity index (χ1n) is 8.76. The summed E-state index contributed by atoms with van der Waals surface area (Å²) in [5, 5.41) is 2.66. The summed E-state index contributed by atoms with van der Waals surface area (Å²) in [6.07, 6.45) is 11.5. The summed E-state index contributed by atoms with van der Waals surface area (Å²) in [6.45, 7) is 5.26. The molecular formula is C19H30N2+2. The van der Waals surface area contributed by atoms with Crippen molar-refractivity contribution < 1.29 is 10.2 Å². The van der Waals surface area contributed by atoms with Crippen LogP contribution < -0.4 is 10.2 Å². The molecule has 0 saturated carbocycles. The van der Waals surface area contributed by atoms with Gasteiger partial charge in [0.25, 0.3) is 0 Å². The van der Waals surface area contributed by atoms with Gasteiger partial charge in [0, 0.05) is 24.3 Å². The van der Waals surface area contributed by atoms with E-state index in [1.54, 1.807) is 4.90 Å². The van der Waals surface area contributed by atoms with Gasteiger partial charge in [0.05, 0.1) is 25.7 Å². The molecule has 2 aliphatic rings. The highest BCUT2D eigenvalue weighted by Gasteiger charge is 2.25. The topological polar surface area (TPSA) is 21.1 Å². The number of hydrogen-bond donors (Lipinski definition) is 2. The SMILES string of the molecule is C1=CC[C@H](C[NH2+]C2CC[NH+](Cc3ccccc3)CC2)CC1. The Kier molecular flexibility index (Phi) is 5.47. The molecular weight excluding hydrogens is 256 g/mol. The third kappa shape index (κ3) is 4.69. The van der Waals surface area contributed by atoms with Crippen LogP contribution in [0, 0.1) is 5.92 Å². The quantitative estimate of drug-likeness (QED) is 0.758. The molecule has 21 heavy (non-hydrogen) atoms. The van der Waals surface area contributed by atoms with E-state index in [1.165, 1.54) is 63.8 Å². The summed E-state index contributed by atoms with van der Waals surface area (Å²) in [7, 11) is 0. The van der Waals surface area contributed by atoms with Gasteiger partial charge in [0.2, 0.25) is 0 Å². The van der Waals surface area contributed by atoms with E-state index in [9.17, 15) is 0 Å². The zero-order valence-electron chi connectivity index (χ0n) is 13.1. The molecule has 0 bridgehead atoms. The zero-order chi connectivity index (χ0) is 14.3. The minimum absolute atomic E-state index is 0.885. The van der Waals surface area contributed by atoms with Crippen LogP contribution in [0.1, 0.15) is 37.7 Å². The molecule has 2 heteroatoms. The minimum Gasteiger partial charge on any atom is -0.343 e. The van der Waals surface area contributed by atoms with Crippen LogP contribution in [0.3, 0.4) is 0 Å². The lowest BCUT2D eigenvalue weighted by Gasteiger charge is -2.29. The summed E-state index contributed by atoms with van der Waals surface area (Å²) in [5.41, 5.74) is 1.49. The largest absolute Gasteiger partial charge is 0.343 e. The van der Waals surface area contributed by atoms with Crippen LogP contribution in [0.2, 0.25) is 0 Å². The highest BCUT2D eigenvalue weighted by Crippen LogP contribution is 2.15. The zero-order valence-corrected chi connectivity index (χ0v) is 13.1. The molecule has 1 aliphatic carbocycles. The van der Waals surface area contributed by atoms with Crippen molar-refractivity contribution in [2.24, 2.45) is 5.92 Å². The predicted molar refractivity (Wildman–Crippen MR) is 87.1 cm³/mol. The number of piperidine rings is 1. The van der Waals surface area contributed by atoms with Crippen molar-refractivity contribution in [2.75, 3.05) is 19.6 Å². The molecule has 0 amide bonds. The molecule has 1 atom stereocenters. The van der Waals surface area contributed by atoms with Gasteiger partial charge in [-0.15, -0.1) is 0 Å². The Hall–Kier alpha value is -1.12. The summed E-state index contributed by atoms with van der Waals surface area (Å²) < 4.78 is 0. The van der Waals surface area contributed by atoms with Gasteiger partial charge in [-0.3, -0.25) is 0 Å². The van der Waals surface area contributed by atoms with E-state index in [0.29, 0.717) is 0 Å². The smallest absolute Gasteiger partial charge is 0.103 e. The lowest BCUT2D eigenvalue weighted by Crippen LogP contribution is -3.13. The molecule has 3 rings (SSSR count). The molecule has 0 unspecified atom stereocenters. The average molecular weight is 286 g/mol. The molecule has 0 spiro atoms. The number of allylic oxidation sites excluding steroid dienone is 2. The summed E-state index contributed by atoms with van der Waals surface area (Å²) in [6, 6.07) is 11.8. The van der Waals surface area contributed by atoms with Crippen molar-refractivity contribution in [1.82, 2.24) is 0 Å². The van der Waals surface area contributed by atoms with Crippen LogP contribution in [-0.4, -0.2) is 25.7 Å². The molecule has 1 aliphatic heterocycles. The second kappa shape index (κ2) is 7.77. The Morgan fingerprint density at radius 2 is 1.81 bits per heavy atom. The molecule has 2 nitrogen and oxygen atoms in total. The first-order chi connectivity index (χ1) is 10.4. The van der Waals surface area contributed by atoms with Crippen molar-refractivity contribution in [3.8, 4) is 0 Å². The van der Waals surface area contributed by atoms with Gasteiger partial charge in [-0.2, -0.15) is 0 Å². The van der Waals surface area contributed by atoms with Crippen molar-refractivity contribution >= 4 is 0 Å². The number of nitrogens with one attached hydrogen (secondary N) is 1. The lowest BCUT2D eigenvalue weighted by atomic mass is 9.93. The van der Waals surface area contributed by atoms with E-state index >= 15 is 0 Å². The molecule has 0 aromatic heterocycles. The molecule has 1 aromatic carbocycles. The number of quaternary nitrogens is 2. The van der Waals surface area contributed by atoms with E-state index in [4.69, 9.17) is 0 Å². The summed E-state index contributed by atoms with van der Waals surface area (Å²) in [5.74, 6) is 0.935. The third-order valence-electron chi connectivity index (χ3n) is 5.21. The van der Waals surface area contributed by atoms with E-state index < -0.39 is 0 Å². The maximum absolute atomic E-state index is 2.66. The minimum atomic E-state index is 0.885. The van der Waals surface area contributed by atoms with E-state index in [1.807, 2.05) is 0 Å². The number of hydrogen-bond acceptors (Lipinski definition) is 0. The Morgan fingerprint density at radius 3 is 2.52 bits per heavy atom. The Morgan fingerprint density at radius 1 is 1.00 bits per heavy atom. The van der Waals surface area contributed by atoms with E-state index in [2.05, 4.69) is 47.8 Å². The Labute approximate surface area is 129 Å². The molecule has 3 N–H and O–H groups in total. The summed E-state index contributed by atoms with van der Waals surface area (Å²) >= 11 is 0. The normalized spacial score (nSPS) is 29.4. The number of likely N-dealkylation sites (tertiary alicyclic amines) is 1. The van der Waals surface area contributed by atoms with Gasteiger partial charge in [-0.05, 0) is 19.3 Å². The summed E-state index contributed by atoms with van der Waals surface area (Å²) in [4.78, 5) is 1.77. The standard InChI is InChI=1S/C19H28N2/c1-3-7-17(8-4-1)15-20-19-11-13-21(14-12-19)16-18-9-5-2-6-10-18/h1-3,5-6,9-10,17,19-20H,4,7-8,11-16H2/p+2/t17-/m0/s1. The van der Waals surface area contributed by atoms with Crippen molar-refractivity contribution in [3.05, 3.63) is 48.0 Å². The van der Waals surface area contributed by atoms with Gasteiger partial charge in [0.15, 0.2) is 0 Å². The van der Waals surface area contributed by atoms with Crippen LogP contribution in [0.4, 0.5) is 0 Å². The second-order valence-electron chi connectivity index (χ2n) is 6.87. The number of nitrogens with two attached hydrogens (primary N) is 1. The Bertz CT molecular complexity index is 432. The van der Waals surface area contributed by atoms with Crippen molar-refractivity contribution in [3.63, 3.8) is 0 Å². The third-order valence-corrected chi connectivity index (χ3v) is 5.21. The van der Waals surface area contributed by atoms with Gasteiger partial charge >= 0.3 is 0 Å². The van der Waals surface area contributed by atoms with Crippen molar-refractivity contribution in [2.45, 2.75) is 44.7 Å². The monoisotopic (exact) mass is 286 g/mol. The van der Waals surface area contributed by atoms with Gasteiger partial charge in [-0.25, -0.2) is 0 Å². The van der Waals surface area contributed by atoms with Gasteiger partial charge < -0.3 is 10.2 Å². The van der Waals surface area contributed by atoms with E-state index in [-0.39, 0.29) is 0 Å². The molecule has 0 radical (unpaired) electrons. The molecule has 1 heterocycles. The fourth-order valence-corrected chi connectivity index (χ4v) is 3.80. The highest BCUT2D eigenvalue weighted by atomic mass is 15.1. The van der Waals surface area contributed by atoms with Crippen LogP contribution in [0.5, 0.6) is 0 Å². The fourth-order valence-electron chi connectivity index (χ4n) is 3.80. The first-order valence-corrected chi connectivity index (χ1v) is 8.76.